The van der Waals surface area contributed by atoms with Crippen LogP contribution < -0.4 is 4.90 Å². The summed E-state index contributed by atoms with van der Waals surface area (Å²) in [5.74, 6) is 2.64. The highest BCUT2D eigenvalue weighted by molar-refractivity contribution is 5.78. The number of rotatable bonds is 14. The Bertz CT molecular complexity index is 3420. The van der Waals surface area contributed by atoms with Gasteiger partial charge in [-0.05, 0) is 237 Å². The van der Waals surface area contributed by atoms with Crippen LogP contribution in [0.1, 0.15) is 172 Å². The van der Waals surface area contributed by atoms with Crippen LogP contribution in [0, 0.1) is 0 Å². The zero-order chi connectivity index (χ0) is 54.8. The van der Waals surface area contributed by atoms with E-state index in [4.69, 9.17) is 0 Å². The number of fused-ring (bicyclic) bond motifs is 4. The van der Waals surface area contributed by atoms with Gasteiger partial charge in [0.1, 0.15) is 0 Å². The Morgan fingerprint density at radius 1 is 0.253 bits per heavy atom. The highest BCUT2D eigenvalue weighted by Gasteiger charge is 2.20. The first-order chi connectivity index (χ1) is 38.6. The minimum absolute atomic E-state index is 0.607. The Kier molecular flexibility index (Phi) is 17.9. The van der Waals surface area contributed by atoms with E-state index in [1.807, 2.05) is 0 Å². The van der Waals surface area contributed by atoms with E-state index in [-0.39, 0.29) is 0 Å². The molecule has 0 bridgehead atoms. The molecule has 4 atom stereocenters. The SMILES string of the molecule is CCC(C)c1ccc(-c2ccc(-c3ccc4c(c3)CC4)cc2)cc1.CCC(C)c1ccc(-c2ccc3c(c2)CC3)cc1.CCC(C)c1ccc(N(c2ccccc2)c2ccc3c(c2)CC3)cc1.CCC(C)c1ccc2c(c1)CC2. The number of aryl methyl sites for hydroxylation is 8. The number of hydrogen-bond donors (Lipinski definition) is 0. The van der Waals surface area contributed by atoms with E-state index in [9.17, 15) is 0 Å². The molecule has 1 nitrogen and oxygen atoms in total. The van der Waals surface area contributed by atoms with Crippen LogP contribution >= 0.6 is 0 Å². The average Bonchev–Trinajstić information content (AvgIpc) is 3.47. The summed E-state index contributed by atoms with van der Waals surface area (Å²) in [5, 5.41) is 0. The second-order valence-corrected chi connectivity index (χ2v) is 23.3. The van der Waals surface area contributed by atoms with Crippen LogP contribution in [0.15, 0.2) is 200 Å². The van der Waals surface area contributed by atoms with Crippen molar-refractivity contribution >= 4 is 17.1 Å². The first kappa shape index (κ1) is 55.1. The van der Waals surface area contributed by atoms with Crippen molar-refractivity contribution in [3.8, 4) is 33.4 Å². The Morgan fingerprint density at radius 2 is 0.532 bits per heavy atom. The standard InChI is InChI=1S/C24H25N.C24H24.C18H20.C12H16/c1-3-18(2)19-11-14-23(15-12-19)25(22-7-5-4-6-8-22)24-16-13-20-9-10-21(20)17-24;1-3-17(2)18-4-6-19(7-5-18)20-8-10-21(11-9-20)23-14-12-22-13-15-24(22)16-23;1-3-13(2)14-4-6-15(7-5-14)17-10-8-16-9-11-18(16)12-17;1-3-9(2)11-6-4-10-5-7-12(10)8-11/h4-8,11-18H,3,9-10H2,1-2H3;4-12,14,16-17H,3,13,15H2,1-2H3;4-8,10,12-13H,3,9,11H2,1-2H3;4,6,8-9H,3,5,7H2,1-2H3. The molecule has 0 amide bonds. The Morgan fingerprint density at radius 3 is 0.899 bits per heavy atom. The molecule has 0 aromatic heterocycles. The highest BCUT2D eigenvalue weighted by atomic mass is 15.1. The van der Waals surface area contributed by atoms with Gasteiger partial charge in [-0.15, -0.1) is 0 Å². The molecule has 0 saturated heterocycles. The van der Waals surface area contributed by atoms with Gasteiger partial charge in [-0.3, -0.25) is 0 Å². The van der Waals surface area contributed by atoms with E-state index in [0.717, 1.165) is 5.92 Å². The first-order valence-corrected chi connectivity index (χ1v) is 30.3. The van der Waals surface area contributed by atoms with E-state index in [2.05, 4.69) is 260 Å². The van der Waals surface area contributed by atoms with Gasteiger partial charge in [-0.25, -0.2) is 0 Å². The third-order valence-electron chi connectivity index (χ3n) is 18.3. The summed E-state index contributed by atoms with van der Waals surface area (Å²) in [6.07, 6.45) is 14.9. The van der Waals surface area contributed by atoms with Crippen LogP contribution in [0.3, 0.4) is 0 Å². The molecule has 402 valence electrons. The second kappa shape index (κ2) is 25.7. The Labute approximate surface area is 475 Å². The summed E-state index contributed by atoms with van der Waals surface area (Å²) >= 11 is 0. The van der Waals surface area contributed by atoms with Crippen LogP contribution in [0.2, 0.25) is 0 Å². The van der Waals surface area contributed by atoms with Gasteiger partial charge >= 0.3 is 0 Å². The molecule has 13 rings (SSSR count). The lowest BCUT2D eigenvalue weighted by atomic mass is 9.84. The summed E-state index contributed by atoms with van der Waals surface area (Å²) < 4.78 is 0. The Hall–Kier alpha value is -7.22. The van der Waals surface area contributed by atoms with Crippen molar-refractivity contribution in [2.75, 3.05) is 4.90 Å². The van der Waals surface area contributed by atoms with Crippen molar-refractivity contribution in [1.82, 2.24) is 0 Å². The topological polar surface area (TPSA) is 3.24 Å². The summed E-state index contributed by atoms with van der Waals surface area (Å²) in [4.78, 5) is 2.36. The van der Waals surface area contributed by atoms with Crippen molar-refractivity contribution in [3.05, 3.63) is 267 Å². The molecule has 4 aliphatic carbocycles. The van der Waals surface area contributed by atoms with E-state index < -0.39 is 0 Å². The molecule has 4 aliphatic rings. The molecule has 1 heteroatoms. The normalized spacial score (nSPS) is 14.4. The number of anilines is 3. The number of nitrogens with zero attached hydrogens (tertiary/aromatic N) is 1. The fourth-order valence-corrected chi connectivity index (χ4v) is 11.4. The van der Waals surface area contributed by atoms with Crippen molar-refractivity contribution in [2.45, 2.75) is 156 Å². The molecule has 0 heterocycles. The van der Waals surface area contributed by atoms with Crippen LogP contribution in [0.5, 0.6) is 0 Å². The first-order valence-electron chi connectivity index (χ1n) is 30.3. The van der Waals surface area contributed by atoms with Crippen molar-refractivity contribution in [2.24, 2.45) is 0 Å². The van der Waals surface area contributed by atoms with Gasteiger partial charge < -0.3 is 4.90 Å². The van der Waals surface area contributed by atoms with E-state index >= 15 is 0 Å². The van der Waals surface area contributed by atoms with Gasteiger partial charge in [-0.1, -0.05) is 219 Å². The predicted molar refractivity (Wildman–Crippen MR) is 341 cm³/mol. The maximum absolute atomic E-state index is 2.40. The number of para-hydroxylation sites is 1. The summed E-state index contributed by atoms with van der Waals surface area (Å²) in [7, 11) is 0. The largest absolute Gasteiger partial charge is 0.310 e. The van der Waals surface area contributed by atoms with Gasteiger partial charge in [0.25, 0.3) is 0 Å². The zero-order valence-electron chi connectivity index (χ0n) is 48.8. The molecule has 0 spiro atoms. The smallest absolute Gasteiger partial charge is 0.0464 e. The van der Waals surface area contributed by atoms with Crippen LogP contribution in [0.4, 0.5) is 17.1 Å². The molecule has 0 aliphatic heterocycles. The molecule has 0 saturated carbocycles. The van der Waals surface area contributed by atoms with E-state index in [0.29, 0.717) is 17.8 Å². The third-order valence-corrected chi connectivity index (χ3v) is 18.3. The van der Waals surface area contributed by atoms with Gasteiger partial charge in [0.2, 0.25) is 0 Å². The molecular formula is C78H85N. The summed E-state index contributed by atoms with van der Waals surface area (Å²) in [6, 6.07) is 74.6. The molecule has 4 unspecified atom stereocenters. The highest BCUT2D eigenvalue weighted by Crippen LogP contribution is 2.39. The minimum Gasteiger partial charge on any atom is -0.310 e. The van der Waals surface area contributed by atoms with Crippen LogP contribution in [0.25, 0.3) is 33.4 Å². The third kappa shape index (κ3) is 13.0. The Balaban J connectivity index is 0.000000123. The molecule has 9 aromatic rings. The second-order valence-electron chi connectivity index (χ2n) is 23.3. The van der Waals surface area contributed by atoms with Crippen molar-refractivity contribution in [1.29, 1.82) is 0 Å². The van der Waals surface area contributed by atoms with Crippen molar-refractivity contribution in [3.63, 3.8) is 0 Å². The fraction of sp³-hybridized carbons (Fsp3) is 0.308. The summed E-state index contributed by atoms with van der Waals surface area (Å²) in [5.41, 5.74) is 29.7. The predicted octanol–water partition coefficient (Wildman–Crippen LogP) is 21.7. The molecule has 9 aromatic carbocycles. The monoisotopic (exact) mass is 1040 g/mol. The van der Waals surface area contributed by atoms with Gasteiger partial charge in [0.05, 0.1) is 0 Å². The quantitative estimate of drug-likeness (QED) is 0.105. The summed E-state index contributed by atoms with van der Waals surface area (Å²) in [6.45, 7) is 18.2. The maximum Gasteiger partial charge on any atom is 0.0464 e. The number of benzene rings is 9. The molecule has 0 fully saturated rings. The van der Waals surface area contributed by atoms with Gasteiger partial charge in [0.15, 0.2) is 0 Å². The lowest BCUT2D eigenvalue weighted by Crippen LogP contribution is -2.13. The van der Waals surface area contributed by atoms with Crippen LogP contribution in [-0.2, 0) is 51.4 Å². The lowest BCUT2D eigenvalue weighted by Gasteiger charge is -2.28. The molecular weight excluding hydrogens is 951 g/mol. The number of hydrogen-bond acceptors (Lipinski definition) is 1. The van der Waals surface area contributed by atoms with E-state index in [1.54, 1.807) is 16.7 Å². The lowest BCUT2D eigenvalue weighted by molar-refractivity contribution is 0.724. The van der Waals surface area contributed by atoms with Crippen LogP contribution in [-0.4, -0.2) is 0 Å². The molecule has 0 N–H and O–H groups in total. The maximum atomic E-state index is 2.40. The minimum atomic E-state index is 0.607. The zero-order valence-corrected chi connectivity index (χ0v) is 48.8. The molecule has 0 radical (unpaired) electrons. The van der Waals surface area contributed by atoms with Crippen molar-refractivity contribution < 1.29 is 0 Å². The fourth-order valence-electron chi connectivity index (χ4n) is 11.4. The van der Waals surface area contributed by atoms with Gasteiger partial charge in [0, 0.05) is 17.1 Å². The average molecular weight is 1040 g/mol. The van der Waals surface area contributed by atoms with Gasteiger partial charge in [-0.2, -0.15) is 0 Å². The molecule has 79 heavy (non-hydrogen) atoms. The van der Waals surface area contributed by atoms with E-state index in [1.165, 1.54) is 178 Å².